The van der Waals surface area contributed by atoms with E-state index < -0.39 is 41.6 Å². The smallest absolute Gasteiger partial charge is 0.449 e. The average Bonchev–Trinajstić information content (AvgIpc) is 2.81. The first-order valence-corrected chi connectivity index (χ1v) is 9.44. The topological polar surface area (TPSA) is 57.2 Å². The number of allylic oxidation sites excluding steroid dienone is 1. The lowest BCUT2D eigenvalue weighted by molar-refractivity contribution is -0.558. The highest BCUT2D eigenvalue weighted by Gasteiger charge is 2.70. The van der Waals surface area contributed by atoms with Crippen LogP contribution < -0.4 is 0 Å². The number of aliphatic hydroxyl groups excluding tert-OH is 1. The maximum Gasteiger partial charge on any atom is 0.449 e. The van der Waals surface area contributed by atoms with Crippen molar-refractivity contribution in [2.45, 2.75) is 75.9 Å². The Morgan fingerprint density at radius 2 is 2.04 bits per heavy atom. The van der Waals surface area contributed by atoms with Gasteiger partial charge in [-0.25, -0.2) is 9.78 Å². The molecular formula is C19H25F3O5. The van der Waals surface area contributed by atoms with E-state index in [1.165, 1.54) is 6.08 Å². The summed E-state index contributed by atoms with van der Waals surface area (Å²) in [6.45, 7) is 7.26. The average molecular weight is 390 g/mol. The first-order chi connectivity index (χ1) is 12.6. The molecular weight excluding hydrogens is 365 g/mol. The molecule has 4 aliphatic heterocycles. The standard InChI is InChI=1S/C19H25F3O5/c1-4-5-13(23)14-12-7-6-10(2)11-8-9-17(3)25-16(18(11,12)27-26-17)24-15(14)19(20,21)22/h4,10-13,16,23H,1,5-9H2,2-3H3/t10-,11?,12?,13?,16-,17-,18-/m1/s1. The maximum absolute atomic E-state index is 13.8. The normalized spacial score (nSPS) is 45.0. The molecule has 1 saturated carbocycles. The molecule has 7 atom stereocenters. The largest absolute Gasteiger partial charge is 0.456 e. The highest BCUT2D eigenvalue weighted by atomic mass is 19.4. The van der Waals surface area contributed by atoms with Crippen LogP contribution in [0.4, 0.5) is 13.2 Å². The van der Waals surface area contributed by atoms with Crippen molar-refractivity contribution in [3.63, 3.8) is 0 Å². The summed E-state index contributed by atoms with van der Waals surface area (Å²) in [5.41, 5.74) is -1.37. The SMILES string of the molecule is C=CCC(O)C1=C(C(F)(F)F)O[C@@H]2O[C@@]3(C)CCC4[C@H](C)CCC1[C@]42OO3. The third-order valence-electron chi connectivity index (χ3n) is 6.59. The van der Waals surface area contributed by atoms with Gasteiger partial charge in [0.15, 0.2) is 5.60 Å². The molecule has 0 aromatic rings. The number of aliphatic hydroxyl groups is 1. The van der Waals surface area contributed by atoms with E-state index in [1.54, 1.807) is 6.92 Å². The molecule has 2 bridgehead atoms. The van der Waals surface area contributed by atoms with Crippen LogP contribution in [0, 0.1) is 17.8 Å². The fourth-order valence-corrected chi connectivity index (χ4v) is 5.33. The highest BCUT2D eigenvalue weighted by molar-refractivity contribution is 5.31. The van der Waals surface area contributed by atoms with Crippen molar-refractivity contribution in [1.29, 1.82) is 0 Å². The second-order valence-corrected chi connectivity index (χ2v) is 8.30. The Morgan fingerprint density at radius 3 is 2.70 bits per heavy atom. The van der Waals surface area contributed by atoms with Crippen molar-refractivity contribution in [3.05, 3.63) is 24.0 Å². The number of alkyl halides is 3. The third-order valence-corrected chi connectivity index (χ3v) is 6.59. The fourth-order valence-electron chi connectivity index (χ4n) is 5.33. The van der Waals surface area contributed by atoms with Gasteiger partial charge in [0, 0.05) is 23.8 Å². The molecule has 0 amide bonds. The first kappa shape index (κ1) is 19.2. The summed E-state index contributed by atoms with van der Waals surface area (Å²) in [4.78, 5) is 11.4. The quantitative estimate of drug-likeness (QED) is 0.583. The van der Waals surface area contributed by atoms with E-state index in [2.05, 4.69) is 13.5 Å². The summed E-state index contributed by atoms with van der Waals surface area (Å²) in [7, 11) is 0. The lowest BCUT2D eigenvalue weighted by atomic mass is 9.58. The molecule has 4 fully saturated rings. The fraction of sp³-hybridized carbons (Fsp3) is 0.789. The lowest BCUT2D eigenvalue weighted by Crippen LogP contribution is -2.68. The van der Waals surface area contributed by atoms with Gasteiger partial charge in [0.2, 0.25) is 17.8 Å². The molecule has 3 unspecified atom stereocenters. The van der Waals surface area contributed by atoms with E-state index >= 15 is 0 Å². The number of fused-ring (bicyclic) bond motifs is 2. The molecule has 1 aliphatic carbocycles. The molecule has 4 heterocycles. The molecule has 0 aromatic heterocycles. The zero-order valence-electron chi connectivity index (χ0n) is 15.4. The minimum absolute atomic E-state index is 0.00479. The van der Waals surface area contributed by atoms with Crippen LogP contribution >= 0.6 is 0 Å². The molecule has 8 heteroatoms. The van der Waals surface area contributed by atoms with Gasteiger partial charge in [0.05, 0.1) is 6.10 Å². The Balaban J connectivity index is 1.89. The third kappa shape index (κ3) is 2.75. The Kier molecular flexibility index (Phi) is 4.42. The van der Waals surface area contributed by atoms with Crippen molar-refractivity contribution in [2.75, 3.05) is 0 Å². The van der Waals surface area contributed by atoms with Crippen molar-refractivity contribution < 1.29 is 37.5 Å². The van der Waals surface area contributed by atoms with E-state index in [0.717, 1.165) is 6.42 Å². The highest BCUT2D eigenvalue weighted by Crippen LogP contribution is 2.61. The second kappa shape index (κ2) is 6.20. The second-order valence-electron chi connectivity index (χ2n) is 8.30. The van der Waals surface area contributed by atoms with Crippen LogP contribution in [0.5, 0.6) is 0 Å². The molecule has 1 N–H and O–H groups in total. The van der Waals surface area contributed by atoms with Crippen LogP contribution in [-0.2, 0) is 19.2 Å². The number of ether oxygens (including phenoxy) is 2. The van der Waals surface area contributed by atoms with Crippen molar-refractivity contribution in [1.82, 2.24) is 0 Å². The van der Waals surface area contributed by atoms with E-state index in [-0.39, 0.29) is 23.8 Å². The van der Waals surface area contributed by atoms with Gasteiger partial charge in [-0.1, -0.05) is 13.0 Å². The molecule has 5 nitrogen and oxygen atoms in total. The molecule has 3 saturated heterocycles. The van der Waals surface area contributed by atoms with Crippen LogP contribution in [0.15, 0.2) is 24.0 Å². The lowest BCUT2D eigenvalue weighted by Gasteiger charge is -2.57. The zero-order chi connectivity index (χ0) is 19.6. The summed E-state index contributed by atoms with van der Waals surface area (Å²) in [6, 6.07) is 0. The first-order valence-electron chi connectivity index (χ1n) is 9.44. The van der Waals surface area contributed by atoms with Gasteiger partial charge >= 0.3 is 6.18 Å². The van der Waals surface area contributed by atoms with Gasteiger partial charge in [0.25, 0.3) is 0 Å². The summed E-state index contributed by atoms with van der Waals surface area (Å²) in [6.07, 6.45) is -3.56. The van der Waals surface area contributed by atoms with Gasteiger partial charge < -0.3 is 14.6 Å². The van der Waals surface area contributed by atoms with E-state index in [1.807, 2.05) is 0 Å². The van der Waals surface area contributed by atoms with Crippen LogP contribution in [0.25, 0.3) is 0 Å². The van der Waals surface area contributed by atoms with Gasteiger partial charge in [-0.05, 0) is 38.5 Å². The van der Waals surface area contributed by atoms with Crippen LogP contribution in [-0.4, -0.2) is 35.1 Å². The van der Waals surface area contributed by atoms with Gasteiger partial charge in [-0.2, -0.15) is 13.2 Å². The summed E-state index contributed by atoms with van der Waals surface area (Å²) < 4.78 is 52.8. The predicted octanol–water partition coefficient (Wildman–Crippen LogP) is 3.99. The maximum atomic E-state index is 13.8. The van der Waals surface area contributed by atoms with Crippen molar-refractivity contribution in [2.24, 2.45) is 17.8 Å². The Hall–Kier alpha value is -1.09. The number of hydrogen-bond acceptors (Lipinski definition) is 5. The van der Waals surface area contributed by atoms with E-state index in [0.29, 0.717) is 19.3 Å². The minimum Gasteiger partial charge on any atom is -0.456 e. The Labute approximate surface area is 156 Å². The van der Waals surface area contributed by atoms with Crippen LogP contribution in [0.2, 0.25) is 0 Å². The Bertz CT molecular complexity index is 662. The van der Waals surface area contributed by atoms with Crippen LogP contribution in [0.1, 0.15) is 46.0 Å². The number of halogens is 3. The summed E-state index contributed by atoms with van der Waals surface area (Å²) in [5, 5.41) is 10.6. The summed E-state index contributed by atoms with van der Waals surface area (Å²) in [5.74, 6) is -2.89. The predicted molar refractivity (Wildman–Crippen MR) is 87.8 cm³/mol. The molecule has 1 spiro atoms. The molecule has 27 heavy (non-hydrogen) atoms. The van der Waals surface area contributed by atoms with E-state index in [4.69, 9.17) is 19.2 Å². The van der Waals surface area contributed by atoms with Gasteiger partial charge in [-0.15, -0.1) is 6.58 Å². The monoisotopic (exact) mass is 390 g/mol. The zero-order valence-corrected chi connectivity index (χ0v) is 15.4. The Morgan fingerprint density at radius 1 is 1.30 bits per heavy atom. The molecule has 5 rings (SSSR count). The molecule has 5 aliphatic rings. The summed E-state index contributed by atoms with van der Waals surface area (Å²) >= 11 is 0. The van der Waals surface area contributed by atoms with Crippen molar-refractivity contribution >= 4 is 0 Å². The van der Waals surface area contributed by atoms with E-state index in [9.17, 15) is 18.3 Å². The van der Waals surface area contributed by atoms with Crippen molar-refractivity contribution in [3.8, 4) is 0 Å². The van der Waals surface area contributed by atoms with Gasteiger partial charge in [0.1, 0.15) is 0 Å². The molecule has 152 valence electrons. The van der Waals surface area contributed by atoms with Crippen LogP contribution in [0.3, 0.4) is 0 Å². The minimum atomic E-state index is -4.74. The van der Waals surface area contributed by atoms with Gasteiger partial charge in [-0.3, -0.25) is 0 Å². The number of hydrogen-bond donors (Lipinski definition) is 1. The molecule has 0 radical (unpaired) electrons. The number of rotatable bonds is 3. The molecule has 0 aromatic carbocycles.